The molecule has 0 aliphatic carbocycles. The van der Waals surface area contributed by atoms with E-state index in [1.165, 1.54) is 12.1 Å². The number of nitriles is 1. The van der Waals surface area contributed by atoms with Crippen molar-refractivity contribution in [2.45, 2.75) is 118 Å². The van der Waals surface area contributed by atoms with Crippen molar-refractivity contribution < 1.29 is 13.2 Å². The number of benzene rings is 6. The number of nitrogens with zero attached hydrogens (tertiary/aromatic N) is 3. The average molecular weight is 816 g/mol. The van der Waals surface area contributed by atoms with Crippen molar-refractivity contribution in [3.63, 3.8) is 0 Å². The number of fused-ring (bicyclic) bond motifs is 6. The zero-order valence-corrected chi connectivity index (χ0v) is 37.8. The van der Waals surface area contributed by atoms with Crippen LogP contribution in [0.4, 0.5) is 13.2 Å². The highest BCUT2D eigenvalue weighted by Crippen LogP contribution is 2.46. The molecule has 6 heteroatoms. The summed E-state index contributed by atoms with van der Waals surface area (Å²) < 4.78 is 49.2. The van der Waals surface area contributed by atoms with Gasteiger partial charge in [0.15, 0.2) is 0 Å². The molecular weight excluding hydrogens is 760 g/mol. The van der Waals surface area contributed by atoms with Crippen molar-refractivity contribution >= 4 is 43.6 Å². The van der Waals surface area contributed by atoms with Gasteiger partial charge in [-0.25, -0.2) is 0 Å². The Balaban J connectivity index is 1.66. The van der Waals surface area contributed by atoms with Crippen LogP contribution in [-0.4, -0.2) is 9.13 Å². The molecule has 0 bridgehead atoms. The summed E-state index contributed by atoms with van der Waals surface area (Å²) in [5.74, 6) is 0. The van der Waals surface area contributed by atoms with Crippen LogP contribution in [-0.2, 0) is 27.8 Å². The summed E-state index contributed by atoms with van der Waals surface area (Å²) in [6.45, 7) is 27.9. The van der Waals surface area contributed by atoms with E-state index >= 15 is 0 Å². The van der Waals surface area contributed by atoms with E-state index in [1.54, 1.807) is 6.92 Å². The van der Waals surface area contributed by atoms with E-state index in [9.17, 15) is 18.4 Å². The highest BCUT2D eigenvalue weighted by Gasteiger charge is 2.33. The lowest BCUT2D eigenvalue weighted by Crippen LogP contribution is -2.12. The van der Waals surface area contributed by atoms with E-state index in [2.05, 4.69) is 171 Å². The smallest absolute Gasteiger partial charge is 0.308 e. The highest BCUT2D eigenvalue weighted by atomic mass is 19.4. The van der Waals surface area contributed by atoms with Crippen LogP contribution in [0.15, 0.2) is 103 Å². The average Bonchev–Trinajstić information content (AvgIpc) is 3.66. The lowest BCUT2D eigenvalue weighted by atomic mass is 9.86. The van der Waals surface area contributed by atoms with Crippen LogP contribution in [0.3, 0.4) is 0 Å². The third-order valence-corrected chi connectivity index (χ3v) is 12.4. The Labute approximate surface area is 358 Å². The Kier molecular flexibility index (Phi) is 9.52. The first-order valence-electron chi connectivity index (χ1n) is 21.2. The molecule has 312 valence electrons. The molecule has 0 saturated heterocycles. The van der Waals surface area contributed by atoms with Gasteiger partial charge < -0.3 is 9.13 Å². The number of aromatic nitrogens is 2. The Morgan fingerprint density at radius 3 is 1.03 bits per heavy atom. The van der Waals surface area contributed by atoms with Gasteiger partial charge in [-0.2, -0.15) is 18.4 Å². The second kappa shape index (κ2) is 13.9. The summed E-state index contributed by atoms with van der Waals surface area (Å²) in [6, 6.07) is 36.8. The van der Waals surface area contributed by atoms with Crippen LogP contribution in [0.2, 0.25) is 0 Å². The summed E-state index contributed by atoms with van der Waals surface area (Å²) in [5.41, 5.74) is 9.91. The first-order chi connectivity index (χ1) is 28.3. The minimum atomic E-state index is -4.58. The molecule has 0 fully saturated rings. The van der Waals surface area contributed by atoms with Gasteiger partial charge in [0, 0.05) is 27.1 Å². The maximum Gasteiger partial charge on any atom is 0.416 e. The Morgan fingerprint density at radius 2 is 0.754 bits per heavy atom. The molecule has 61 heavy (non-hydrogen) atoms. The van der Waals surface area contributed by atoms with Crippen LogP contribution in [0, 0.1) is 18.3 Å². The van der Waals surface area contributed by atoms with E-state index in [0.29, 0.717) is 33.6 Å². The van der Waals surface area contributed by atoms with Gasteiger partial charge in [-0.3, -0.25) is 0 Å². The molecule has 8 rings (SSSR count). The SMILES string of the molecule is Cc1cc(-c2c(-n3c4cc(C(C)(C)C)ccc4c4ccc(C(C)(C)C)cc43)cc(C#N)cc2-n2c3cc(C(C)(C)C)ccc3c3ccc(C(C)(C)C)cc32)cc(C(F)(F)F)c1. The largest absolute Gasteiger partial charge is 0.416 e. The van der Waals surface area contributed by atoms with Gasteiger partial charge in [-0.05, 0) is 110 Å². The molecule has 0 saturated carbocycles. The second-order valence-corrected chi connectivity index (χ2v) is 21.2. The highest BCUT2D eigenvalue weighted by molar-refractivity contribution is 6.12. The van der Waals surface area contributed by atoms with E-state index in [1.807, 2.05) is 18.2 Å². The van der Waals surface area contributed by atoms with Gasteiger partial charge >= 0.3 is 6.18 Å². The number of hydrogen-bond acceptors (Lipinski definition) is 1. The van der Waals surface area contributed by atoms with Crippen LogP contribution >= 0.6 is 0 Å². The monoisotopic (exact) mass is 815 g/mol. The maximum atomic E-state index is 14.9. The molecule has 0 atom stereocenters. The summed E-state index contributed by atoms with van der Waals surface area (Å²) in [6.07, 6.45) is -4.58. The third-order valence-electron chi connectivity index (χ3n) is 12.4. The number of hydrogen-bond donors (Lipinski definition) is 0. The molecule has 0 radical (unpaired) electrons. The van der Waals surface area contributed by atoms with E-state index in [0.717, 1.165) is 65.9 Å². The quantitative estimate of drug-likeness (QED) is 0.175. The maximum absolute atomic E-state index is 14.9. The van der Waals surface area contributed by atoms with Gasteiger partial charge in [-0.1, -0.05) is 138 Å². The van der Waals surface area contributed by atoms with Crippen molar-refractivity contribution in [1.29, 1.82) is 5.26 Å². The molecule has 2 heterocycles. The summed E-state index contributed by atoms with van der Waals surface area (Å²) >= 11 is 0. The van der Waals surface area contributed by atoms with Crippen molar-refractivity contribution in [2.75, 3.05) is 0 Å². The Hall–Kier alpha value is -5.80. The number of aryl methyl sites for hydroxylation is 1. The van der Waals surface area contributed by atoms with Crippen molar-refractivity contribution in [1.82, 2.24) is 9.13 Å². The molecule has 0 unspecified atom stereocenters. The zero-order chi connectivity index (χ0) is 44.4. The summed E-state index contributed by atoms with van der Waals surface area (Å²) in [7, 11) is 0. The molecule has 6 aromatic carbocycles. The number of rotatable bonds is 3. The minimum Gasteiger partial charge on any atom is -0.308 e. The molecule has 3 nitrogen and oxygen atoms in total. The second-order valence-electron chi connectivity index (χ2n) is 21.2. The van der Waals surface area contributed by atoms with Crippen LogP contribution in [0.25, 0.3) is 66.1 Å². The van der Waals surface area contributed by atoms with Crippen LogP contribution in [0.5, 0.6) is 0 Å². The Bertz CT molecular complexity index is 2800. The normalized spacial score (nSPS) is 13.2. The first-order valence-corrected chi connectivity index (χ1v) is 21.2. The number of alkyl halides is 3. The van der Waals surface area contributed by atoms with E-state index in [4.69, 9.17) is 0 Å². The third kappa shape index (κ3) is 7.30. The van der Waals surface area contributed by atoms with Gasteiger partial charge in [0.1, 0.15) is 0 Å². The molecule has 0 amide bonds. The first kappa shape index (κ1) is 41.9. The molecule has 2 aromatic heterocycles. The lowest BCUT2D eigenvalue weighted by molar-refractivity contribution is -0.137. The van der Waals surface area contributed by atoms with Gasteiger partial charge in [-0.15, -0.1) is 0 Å². The van der Waals surface area contributed by atoms with Gasteiger partial charge in [0.2, 0.25) is 0 Å². The lowest BCUT2D eigenvalue weighted by Gasteiger charge is -2.24. The molecule has 0 N–H and O–H groups in total. The van der Waals surface area contributed by atoms with E-state index in [-0.39, 0.29) is 21.7 Å². The van der Waals surface area contributed by atoms with Crippen molar-refractivity contribution in [2.24, 2.45) is 0 Å². The summed E-state index contributed by atoms with van der Waals surface area (Å²) in [5, 5.41) is 15.1. The standard InChI is InChI=1S/C55H56F3N3/c1-32-22-34(26-39(23-32)55(56,57)58)50-48(60-44-27-35(51(2,3)4)14-18-40(44)41-19-15-36(28-45(41)60)52(5,6)7)24-33(31-59)25-49(50)61-46-29-37(53(8,9)10)16-20-42(46)43-21-17-38(30-47(43)61)54(11,12)13/h14-30H,1-13H3. The van der Waals surface area contributed by atoms with E-state index < -0.39 is 11.7 Å². The number of halogens is 3. The molecular formula is C55H56F3N3. The fourth-order valence-corrected chi connectivity index (χ4v) is 8.84. The van der Waals surface area contributed by atoms with Crippen molar-refractivity contribution in [3.05, 3.63) is 142 Å². The zero-order valence-electron chi connectivity index (χ0n) is 37.8. The molecule has 8 aromatic rings. The van der Waals surface area contributed by atoms with Crippen LogP contribution in [0.1, 0.15) is 122 Å². The predicted molar refractivity (Wildman–Crippen MR) is 250 cm³/mol. The minimum absolute atomic E-state index is 0.189. The van der Waals surface area contributed by atoms with Gasteiger partial charge in [0.25, 0.3) is 0 Å². The fraction of sp³-hybridized carbons (Fsp3) is 0.327. The summed E-state index contributed by atoms with van der Waals surface area (Å²) in [4.78, 5) is 0. The van der Waals surface area contributed by atoms with Crippen molar-refractivity contribution in [3.8, 4) is 28.6 Å². The fourth-order valence-electron chi connectivity index (χ4n) is 8.84. The Morgan fingerprint density at radius 1 is 0.426 bits per heavy atom. The van der Waals surface area contributed by atoms with Gasteiger partial charge in [0.05, 0.1) is 50.6 Å². The molecule has 0 spiro atoms. The molecule has 0 aliphatic heterocycles. The van der Waals surface area contributed by atoms with Crippen LogP contribution < -0.4 is 0 Å². The topological polar surface area (TPSA) is 33.6 Å². The molecule has 0 aliphatic rings. The predicted octanol–water partition coefficient (Wildman–Crippen LogP) is 15.9.